The van der Waals surface area contributed by atoms with Crippen molar-refractivity contribution in [2.45, 2.75) is 76.7 Å². The first kappa shape index (κ1) is 29.5. The summed E-state index contributed by atoms with van der Waals surface area (Å²) in [6.07, 6.45) is 1.37. The van der Waals surface area contributed by atoms with E-state index in [2.05, 4.69) is 25.9 Å². The van der Waals surface area contributed by atoms with E-state index in [1.54, 1.807) is 0 Å². The lowest BCUT2D eigenvalue weighted by Gasteiger charge is -2.27. The lowest BCUT2D eigenvalue weighted by molar-refractivity contribution is -0.143. The van der Waals surface area contributed by atoms with Gasteiger partial charge in [0.05, 0.1) is 18.5 Å². The molecule has 5 atom stereocenters. The molecule has 0 spiro atoms. The summed E-state index contributed by atoms with van der Waals surface area (Å²) in [5.41, 5.74) is 11.6. The minimum atomic E-state index is -1.52. The first-order valence-electron chi connectivity index (χ1n) is 11.1. The van der Waals surface area contributed by atoms with Gasteiger partial charge in [-0.3, -0.25) is 19.2 Å². The maximum Gasteiger partial charge on any atom is 0.326 e. The summed E-state index contributed by atoms with van der Waals surface area (Å²) in [4.78, 5) is 67.2. The number of H-pyrrole nitrogens is 1. The van der Waals surface area contributed by atoms with Gasteiger partial charge in [-0.05, 0) is 25.7 Å². The standard InChI is InChI=1S/C21H35N7O7/c1-10(2)6-15(27-18(31)13(22)7-12-8-24-9-25-12)19(32)28-17(11(3)29)20(33)26-14(21(34)35)4-5-16(23)30/h8-11,13-15,17,29H,4-7,22H2,1-3H3,(H2,23,30)(H,24,25)(H,26,33)(H,27,31)(H,28,32)(H,34,35). The highest BCUT2D eigenvalue weighted by molar-refractivity contribution is 5.94. The van der Waals surface area contributed by atoms with Crippen LogP contribution in [0.5, 0.6) is 0 Å². The average Bonchev–Trinajstić information content (AvgIpc) is 3.26. The lowest BCUT2D eigenvalue weighted by atomic mass is 10.0. The highest BCUT2D eigenvalue weighted by atomic mass is 16.4. The molecule has 0 aromatic carbocycles. The number of nitrogens with zero attached hydrogens (tertiary/aromatic N) is 1. The molecule has 35 heavy (non-hydrogen) atoms. The molecule has 0 aliphatic rings. The predicted octanol–water partition coefficient (Wildman–Crippen LogP) is -2.49. The van der Waals surface area contributed by atoms with Crippen molar-refractivity contribution >= 4 is 29.6 Å². The third-order valence-corrected chi connectivity index (χ3v) is 5.03. The second-order valence-electron chi connectivity index (χ2n) is 8.71. The Morgan fingerprint density at radius 3 is 2.14 bits per heavy atom. The quantitative estimate of drug-likeness (QED) is 0.128. The smallest absolute Gasteiger partial charge is 0.326 e. The zero-order chi connectivity index (χ0) is 26.7. The molecule has 0 fully saturated rings. The van der Waals surface area contributed by atoms with E-state index >= 15 is 0 Å². The number of nitrogens with one attached hydrogen (secondary N) is 4. The van der Waals surface area contributed by atoms with Crippen molar-refractivity contribution < 1.29 is 34.2 Å². The second kappa shape index (κ2) is 14.0. The van der Waals surface area contributed by atoms with E-state index in [1.807, 2.05) is 13.8 Å². The van der Waals surface area contributed by atoms with Gasteiger partial charge in [0.15, 0.2) is 0 Å². The number of hydrogen-bond acceptors (Lipinski definition) is 8. The number of aromatic nitrogens is 2. The van der Waals surface area contributed by atoms with Crippen LogP contribution in [0.4, 0.5) is 0 Å². The number of aliphatic carboxylic acids is 1. The number of hydrogen-bond donors (Lipinski definition) is 8. The molecule has 0 saturated carbocycles. The van der Waals surface area contributed by atoms with Crippen LogP contribution in [-0.4, -0.2) is 80.1 Å². The summed E-state index contributed by atoms with van der Waals surface area (Å²) in [5.74, 6) is -4.52. The monoisotopic (exact) mass is 497 g/mol. The van der Waals surface area contributed by atoms with Gasteiger partial charge in [0.1, 0.15) is 18.1 Å². The molecule has 5 unspecified atom stereocenters. The van der Waals surface area contributed by atoms with Crippen molar-refractivity contribution in [3.8, 4) is 0 Å². The van der Waals surface area contributed by atoms with Crippen LogP contribution in [0.15, 0.2) is 12.5 Å². The number of carbonyl (C=O) groups is 5. The fourth-order valence-corrected chi connectivity index (χ4v) is 3.17. The maximum absolute atomic E-state index is 13.0. The number of imidazole rings is 1. The molecular formula is C21H35N7O7. The number of carbonyl (C=O) groups excluding carboxylic acids is 4. The van der Waals surface area contributed by atoms with Gasteiger partial charge in [0.2, 0.25) is 23.6 Å². The summed E-state index contributed by atoms with van der Waals surface area (Å²) in [5, 5.41) is 26.5. The largest absolute Gasteiger partial charge is 0.480 e. The molecule has 196 valence electrons. The van der Waals surface area contributed by atoms with Crippen LogP contribution in [0.2, 0.25) is 0 Å². The van der Waals surface area contributed by atoms with Crippen molar-refractivity contribution in [1.29, 1.82) is 0 Å². The van der Waals surface area contributed by atoms with Gasteiger partial charge in [-0.1, -0.05) is 13.8 Å². The van der Waals surface area contributed by atoms with Gasteiger partial charge in [-0.25, -0.2) is 9.78 Å². The third kappa shape index (κ3) is 10.5. The van der Waals surface area contributed by atoms with E-state index in [9.17, 15) is 34.2 Å². The normalized spacial score (nSPS) is 15.4. The molecule has 0 saturated heterocycles. The van der Waals surface area contributed by atoms with Gasteiger partial charge < -0.3 is 42.6 Å². The van der Waals surface area contributed by atoms with Gasteiger partial charge >= 0.3 is 5.97 Å². The predicted molar refractivity (Wildman–Crippen MR) is 123 cm³/mol. The number of amides is 4. The molecule has 10 N–H and O–H groups in total. The molecule has 14 nitrogen and oxygen atoms in total. The molecule has 1 heterocycles. The number of rotatable bonds is 15. The molecule has 14 heteroatoms. The number of nitrogens with two attached hydrogens (primary N) is 2. The molecule has 1 aromatic heterocycles. The van der Waals surface area contributed by atoms with E-state index in [0.717, 1.165) is 0 Å². The fraction of sp³-hybridized carbons (Fsp3) is 0.619. The minimum absolute atomic E-state index is 0.0288. The van der Waals surface area contributed by atoms with E-state index in [-0.39, 0.29) is 31.6 Å². The van der Waals surface area contributed by atoms with E-state index in [1.165, 1.54) is 19.4 Å². The van der Waals surface area contributed by atoms with Gasteiger partial charge in [0, 0.05) is 24.7 Å². The average molecular weight is 498 g/mol. The first-order valence-corrected chi connectivity index (χ1v) is 11.1. The van der Waals surface area contributed by atoms with Crippen LogP contribution in [0.3, 0.4) is 0 Å². The zero-order valence-electron chi connectivity index (χ0n) is 20.0. The van der Waals surface area contributed by atoms with Crippen LogP contribution in [0.25, 0.3) is 0 Å². The number of primary amides is 1. The molecule has 0 bridgehead atoms. The van der Waals surface area contributed by atoms with Crippen LogP contribution in [0.1, 0.15) is 45.7 Å². The van der Waals surface area contributed by atoms with Crippen LogP contribution in [-0.2, 0) is 30.4 Å². The zero-order valence-corrected chi connectivity index (χ0v) is 20.0. The Morgan fingerprint density at radius 2 is 1.66 bits per heavy atom. The summed E-state index contributed by atoms with van der Waals surface area (Å²) in [6, 6.07) is -5.03. The van der Waals surface area contributed by atoms with Crippen LogP contribution < -0.4 is 27.4 Å². The Bertz CT molecular complexity index is 873. The van der Waals surface area contributed by atoms with Crippen molar-refractivity contribution in [2.24, 2.45) is 17.4 Å². The van der Waals surface area contributed by atoms with Gasteiger partial charge in [0.25, 0.3) is 0 Å². The molecule has 0 aliphatic heterocycles. The second-order valence-corrected chi connectivity index (χ2v) is 8.71. The van der Waals surface area contributed by atoms with E-state index in [0.29, 0.717) is 5.69 Å². The minimum Gasteiger partial charge on any atom is -0.480 e. The Balaban J connectivity index is 2.90. The highest BCUT2D eigenvalue weighted by Crippen LogP contribution is 2.08. The fourth-order valence-electron chi connectivity index (χ4n) is 3.17. The highest BCUT2D eigenvalue weighted by Gasteiger charge is 2.33. The third-order valence-electron chi connectivity index (χ3n) is 5.03. The van der Waals surface area contributed by atoms with Gasteiger partial charge in [-0.2, -0.15) is 0 Å². The number of aliphatic hydroxyl groups is 1. The summed E-state index contributed by atoms with van der Waals surface area (Å²) < 4.78 is 0. The van der Waals surface area contributed by atoms with E-state index in [4.69, 9.17) is 11.5 Å². The van der Waals surface area contributed by atoms with Gasteiger partial charge in [-0.15, -0.1) is 0 Å². The van der Waals surface area contributed by atoms with Crippen molar-refractivity contribution in [3.05, 3.63) is 18.2 Å². The number of aromatic amines is 1. The topological polar surface area (TPSA) is 243 Å². The number of carboxylic acid groups (broad SMARTS) is 1. The van der Waals surface area contributed by atoms with E-state index < -0.39 is 59.9 Å². The Hall–Kier alpha value is -3.52. The number of aliphatic hydroxyl groups excluding tert-OH is 1. The molecular weight excluding hydrogens is 462 g/mol. The van der Waals surface area contributed by atoms with Crippen LogP contribution >= 0.6 is 0 Å². The van der Waals surface area contributed by atoms with Crippen molar-refractivity contribution in [2.75, 3.05) is 0 Å². The Labute approximate surface area is 202 Å². The Morgan fingerprint density at radius 1 is 1.03 bits per heavy atom. The molecule has 0 aliphatic carbocycles. The Kier molecular flexibility index (Phi) is 11.8. The summed E-state index contributed by atoms with van der Waals surface area (Å²) in [7, 11) is 0. The van der Waals surface area contributed by atoms with Crippen LogP contribution in [0, 0.1) is 5.92 Å². The molecule has 4 amide bonds. The molecule has 0 radical (unpaired) electrons. The summed E-state index contributed by atoms with van der Waals surface area (Å²) in [6.45, 7) is 4.89. The van der Waals surface area contributed by atoms with Crippen molar-refractivity contribution in [1.82, 2.24) is 25.9 Å². The number of carboxylic acids is 1. The lowest BCUT2D eigenvalue weighted by Crippen LogP contribution is -2.60. The maximum atomic E-state index is 13.0. The molecule has 1 rings (SSSR count). The first-order chi connectivity index (χ1) is 16.3. The SMILES string of the molecule is CC(C)CC(NC(=O)C(N)Cc1cnc[nH]1)C(=O)NC(C(=O)NC(CCC(N)=O)C(=O)O)C(C)O. The van der Waals surface area contributed by atoms with Crippen molar-refractivity contribution in [3.63, 3.8) is 0 Å². The molecule has 1 aromatic rings. The summed E-state index contributed by atoms with van der Waals surface area (Å²) >= 11 is 0.